The number of halogens is 1. The quantitative estimate of drug-likeness (QED) is 0.481. The monoisotopic (exact) mass is 489 g/mol. The predicted octanol–water partition coefficient (Wildman–Crippen LogP) is 5.24. The van der Waals surface area contributed by atoms with Crippen LogP contribution < -0.4 is 5.32 Å². The molecule has 3 aliphatic rings. The molecule has 2 atom stereocenters. The van der Waals surface area contributed by atoms with Crippen LogP contribution in [0.15, 0.2) is 71.9 Å². The first-order valence-electron chi connectivity index (χ1n) is 12.1. The zero-order valence-electron chi connectivity index (χ0n) is 19.0. The molecule has 1 N–H and O–H groups in total. The lowest BCUT2D eigenvalue weighted by Gasteiger charge is -2.40. The topological polar surface area (TPSA) is 45.2 Å². The van der Waals surface area contributed by atoms with Crippen LogP contribution in [-0.2, 0) is 10.2 Å². The van der Waals surface area contributed by atoms with Crippen molar-refractivity contribution in [3.8, 4) is 0 Å². The van der Waals surface area contributed by atoms with E-state index in [1.54, 1.807) is 24.2 Å². The maximum atomic E-state index is 12.5. The molecule has 6 rings (SSSR count). The van der Waals surface area contributed by atoms with E-state index in [4.69, 9.17) is 11.6 Å². The van der Waals surface area contributed by atoms with Crippen molar-refractivity contribution in [1.82, 2.24) is 15.2 Å². The summed E-state index contributed by atoms with van der Waals surface area (Å²) < 4.78 is 0. The van der Waals surface area contributed by atoms with E-state index in [0.29, 0.717) is 11.7 Å². The zero-order valence-corrected chi connectivity index (χ0v) is 20.6. The second-order valence-electron chi connectivity index (χ2n) is 9.75. The molecule has 3 aromatic rings. The molecule has 174 valence electrons. The third kappa shape index (κ3) is 3.94. The second kappa shape index (κ2) is 9.03. The Hall–Kier alpha value is -2.34. The fourth-order valence-corrected chi connectivity index (χ4v) is 7.16. The predicted molar refractivity (Wildman–Crippen MR) is 138 cm³/mol. The molecule has 2 heterocycles. The Kier molecular flexibility index (Phi) is 5.88. The number of carbonyl (C=O) groups is 1. The number of piperidine rings is 1. The van der Waals surface area contributed by atoms with Crippen LogP contribution in [-0.4, -0.2) is 47.2 Å². The van der Waals surface area contributed by atoms with E-state index in [0.717, 1.165) is 48.8 Å². The van der Waals surface area contributed by atoms with Gasteiger partial charge in [-0.25, -0.2) is 0 Å². The molecule has 2 aromatic carbocycles. The Morgan fingerprint density at radius 2 is 1.82 bits per heavy atom. The molecular formula is C28H28ClN3OS. The number of rotatable bonds is 6. The molecule has 1 amide bonds. The van der Waals surface area contributed by atoms with E-state index in [1.807, 2.05) is 18.2 Å². The maximum Gasteiger partial charge on any atom is 0.230 e. The van der Waals surface area contributed by atoms with Gasteiger partial charge in [0.25, 0.3) is 0 Å². The molecule has 0 spiro atoms. The molecular weight excluding hydrogens is 462 g/mol. The molecule has 0 radical (unpaired) electrons. The van der Waals surface area contributed by atoms with Crippen LogP contribution in [0, 0.1) is 0 Å². The Bertz CT molecular complexity index is 1210. The third-order valence-electron chi connectivity index (χ3n) is 7.78. The molecule has 0 saturated carbocycles. The van der Waals surface area contributed by atoms with Crippen molar-refractivity contribution in [2.75, 3.05) is 25.4 Å². The minimum Gasteiger partial charge on any atom is -0.353 e. The molecule has 1 aliphatic heterocycles. The molecule has 2 bridgehead atoms. The van der Waals surface area contributed by atoms with Gasteiger partial charge < -0.3 is 10.2 Å². The number of benzene rings is 2. The van der Waals surface area contributed by atoms with E-state index >= 15 is 0 Å². The van der Waals surface area contributed by atoms with Gasteiger partial charge in [0.05, 0.1) is 5.75 Å². The Labute approximate surface area is 210 Å². The summed E-state index contributed by atoms with van der Waals surface area (Å²) in [5.74, 6) is 1.05. The summed E-state index contributed by atoms with van der Waals surface area (Å²) in [4.78, 5) is 20.2. The number of hydrogen-bond donors (Lipinski definition) is 1. The van der Waals surface area contributed by atoms with Crippen LogP contribution in [0.25, 0.3) is 0 Å². The van der Waals surface area contributed by atoms with E-state index in [2.05, 4.69) is 51.6 Å². The number of aromatic nitrogens is 1. The summed E-state index contributed by atoms with van der Waals surface area (Å²) in [5, 5.41) is 4.08. The highest BCUT2D eigenvalue weighted by Gasteiger charge is 2.53. The zero-order chi connectivity index (χ0) is 23.1. The second-order valence-corrected chi connectivity index (χ2v) is 11.2. The maximum absolute atomic E-state index is 12.5. The van der Waals surface area contributed by atoms with Crippen LogP contribution in [0.5, 0.6) is 0 Å². The van der Waals surface area contributed by atoms with Crippen molar-refractivity contribution in [1.29, 1.82) is 0 Å². The van der Waals surface area contributed by atoms with Crippen LogP contribution in [0.4, 0.5) is 0 Å². The van der Waals surface area contributed by atoms with E-state index in [-0.39, 0.29) is 17.4 Å². The number of nitrogens with one attached hydrogen (secondary N) is 1. The molecule has 2 unspecified atom stereocenters. The average Bonchev–Trinajstić information content (AvgIpc) is 3.36. The minimum atomic E-state index is 0.0265. The largest absolute Gasteiger partial charge is 0.353 e. The lowest BCUT2D eigenvalue weighted by atomic mass is 9.74. The number of amides is 1. The minimum absolute atomic E-state index is 0.0265. The van der Waals surface area contributed by atoms with Gasteiger partial charge in [-0.05, 0) is 65.8 Å². The highest BCUT2D eigenvalue weighted by atomic mass is 35.5. The van der Waals surface area contributed by atoms with Gasteiger partial charge >= 0.3 is 0 Å². The van der Waals surface area contributed by atoms with Crippen molar-refractivity contribution in [3.05, 3.63) is 94.3 Å². The summed E-state index contributed by atoms with van der Waals surface area (Å²) in [6, 6.07) is 19.6. The van der Waals surface area contributed by atoms with Crippen molar-refractivity contribution in [2.24, 2.45) is 0 Å². The van der Waals surface area contributed by atoms with Gasteiger partial charge in [-0.3, -0.25) is 9.78 Å². The third-order valence-corrected chi connectivity index (χ3v) is 9.02. The van der Waals surface area contributed by atoms with Gasteiger partial charge in [-0.1, -0.05) is 41.9 Å². The summed E-state index contributed by atoms with van der Waals surface area (Å²) >= 11 is 8.03. The lowest BCUT2D eigenvalue weighted by molar-refractivity contribution is -0.119. The average molecular weight is 490 g/mol. The van der Waals surface area contributed by atoms with E-state index in [9.17, 15) is 4.79 Å². The van der Waals surface area contributed by atoms with E-state index < -0.39 is 0 Å². The number of carbonyl (C=O) groups excluding carboxylic acids is 1. The van der Waals surface area contributed by atoms with Crippen molar-refractivity contribution >= 4 is 29.3 Å². The lowest BCUT2D eigenvalue weighted by Crippen LogP contribution is -2.48. The number of fused-ring (bicyclic) bond motifs is 8. The number of pyridine rings is 1. The Balaban J connectivity index is 1.11. The summed E-state index contributed by atoms with van der Waals surface area (Å²) in [6.07, 6.45) is 6.66. The Morgan fingerprint density at radius 1 is 1.06 bits per heavy atom. The molecule has 6 heteroatoms. The van der Waals surface area contributed by atoms with Crippen LogP contribution in [0.3, 0.4) is 0 Å². The molecule has 1 fully saturated rings. The molecule has 2 aliphatic carbocycles. The number of nitrogens with zero attached hydrogens (tertiary/aromatic N) is 2. The highest BCUT2D eigenvalue weighted by molar-refractivity contribution is 8.00. The van der Waals surface area contributed by atoms with Gasteiger partial charge in [-0.2, -0.15) is 0 Å². The van der Waals surface area contributed by atoms with Crippen molar-refractivity contribution < 1.29 is 4.79 Å². The number of hydrogen-bond acceptors (Lipinski definition) is 4. The standard InChI is InChI=1S/C28H28ClN3OS/c29-19-5-6-23-24-16-28(26(23)15-19,25-4-2-1-3-22(24)25)18-32-13-9-20(10-14-32)31-27(33)17-34-21-7-11-30-12-8-21/h1-8,11-12,15,20,24H,9-10,13-14,16-18H2,(H,31,33). The van der Waals surface area contributed by atoms with Gasteiger partial charge in [0.15, 0.2) is 0 Å². The normalized spacial score (nSPS) is 23.5. The van der Waals surface area contributed by atoms with Gasteiger partial charge in [-0.15, -0.1) is 11.8 Å². The molecule has 34 heavy (non-hydrogen) atoms. The Morgan fingerprint density at radius 3 is 2.65 bits per heavy atom. The smallest absolute Gasteiger partial charge is 0.230 e. The van der Waals surface area contributed by atoms with Crippen LogP contribution in [0.1, 0.15) is 47.4 Å². The first-order valence-corrected chi connectivity index (χ1v) is 13.4. The molecule has 1 aromatic heterocycles. The van der Waals surface area contributed by atoms with E-state index in [1.165, 1.54) is 22.3 Å². The summed E-state index contributed by atoms with van der Waals surface area (Å²) in [7, 11) is 0. The van der Waals surface area contributed by atoms with Gasteiger partial charge in [0, 0.05) is 59.3 Å². The number of thioether (sulfide) groups is 1. The summed E-state index contributed by atoms with van der Waals surface area (Å²) in [6.45, 7) is 3.03. The molecule has 4 nitrogen and oxygen atoms in total. The van der Waals surface area contributed by atoms with Gasteiger partial charge in [0.2, 0.25) is 5.91 Å². The first-order chi connectivity index (χ1) is 16.6. The SMILES string of the molecule is O=C(CSc1ccncc1)NC1CCN(CC23CC(c4ccccc42)c2ccc(Cl)cc23)CC1. The van der Waals surface area contributed by atoms with Crippen molar-refractivity contribution in [2.45, 2.75) is 41.5 Å². The first kappa shape index (κ1) is 22.1. The highest BCUT2D eigenvalue weighted by Crippen LogP contribution is 2.60. The van der Waals surface area contributed by atoms with Crippen LogP contribution >= 0.6 is 23.4 Å². The molecule has 1 saturated heterocycles. The number of likely N-dealkylation sites (tertiary alicyclic amines) is 1. The van der Waals surface area contributed by atoms with Gasteiger partial charge in [0.1, 0.15) is 0 Å². The fourth-order valence-electron chi connectivity index (χ4n) is 6.29. The fraction of sp³-hybridized carbons (Fsp3) is 0.357. The van der Waals surface area contributed by atoms with Crippen molar-refractivity contribution in [3.63, 3.8) is 0 Å². The summed E-state index contributed by atoms with van der Waals surface area (Å²) in [5.41, 5.74) is 5.88. The van der Waals surface area contributed by atoms with Crippen LogP contribution in [0.2, 0.25) is 5.02 Å².